The van der Waals surface area contributed by atoms with Crippen molar-refractivity contribution in [2.24, 2.45) is 0 Å². The number of ether oxygens (including phenoxy) is 1. The van der Waals surface area contributed by atoms with Crippen molar-refractivity contribution in [3.8, 4) is 11.6 Å². The Labute approximate surface area is 157 Å². The molecule has 0 saturated heterocycles. The van der Waals surface area contributed by atoms with Crippen molar-refractivity contribution in [1.82, 2.24) is 4.98 Å². The van der Waals surface area contributed by atoms with Crippen LogP contribution in [-0.4, -0.2) is 16.5 Å². The van der Waals surface area contributed by atoms with E-state index < -0.39 is 35.4 Å². The van der Waals surface area contributed by atoms with Gasteiger partial charge in [-0.05, 0) is 30.0 Å². The van der Waals surface area contributed by atoms with Crippen molar-refractivity contribution in [2.75, 3.05) is 6.61 Å². The van der Waals surface area contributed by atoms with Gasteiger partial charge in [0.2, 0.25) is 5.88 Å². The molecule has 1 heterocycles. The van der Waals surface area contributed by atoms with Gasteiger partial charge in [0.15, 0.2) is 0 Å². The number of halogens is 4. The molecule has 0 fully saturated rings. The Morgan fingerprint density at radius 1 is 1.33 bits per heavy atom. The van der Waals surface area contributed by atoms with Gasteiger partial charge in [0.1, 0.15) is 17.4 Å². The van der Waals surface area contributed by atoms with Crippen molar-refractivity contribution in [3.05, 3.63) is 50.7 Å². The first-order chi connectivity index (χ1) is 12.5. The second kappa shape index (κ2) is 8.16. The largest absolute Gasteiger partial charge is 0.556 e. The third-order valence-corrected chi connectivity index (χ3v) is 4.77. The number of benzene rings is 1. The van der Waals surface area contributed by atoms with Crippen molar-refractivity contribution >= 4 is 30.6 Å². The first-order valence-electron chi connectivity index (χ1n) is 7.34. The summed E-state index contributed by atoms with van der Waals surface area (Å²) in [6.45, 7) is 3.09. The average molecular weight is 424 g/mol. The molecule has 1 unspecified atom stereocenters. The maximum atomic E-state index is 12.7. The smallest absolute Gasteiger partial charge is 0.437 e. The number of rotatable bonds is 6. The number of alkyl halides is 3. The van der Waals surface area contributed by atoms with Gasteiger partial charge in [-0.2, -0.15) is 13.2 Å². The molecular formula is C15H12ClF3N2O5P+. The van der Waals surface area contributed by atoms with Crippen LogP contribution in [0.2, 0.25) is 5.02 Å². The number of hydrogen-bond donors (Lipinski definition) is 0. The van der Waals surface area contributed by atoms with E-state index in [1.807, 2.05) is 0 Å². The number of nitro groups is 1. The number of aryl methyl sites for hydroxylation is 1. The Morgan fingerprint density at radius 3 is 2.52 bits per heavy atom. The molecule has 12 heteroatoms. The van der Waals surface area contributed by atoms with Crippen molar-refractivity contribution in [2.45, 2.75) is 20.0 Å². The van der Waals surface area contributed by atoms with Gasteiger partial charge in [-0.15, -0.1) is 4.52 Å². The molecule has 1 atom stereocenters. The van der Waals surface area contributed by atoms with Crippen molar-refractivity contribution in [3.63, 3.8) is 0 Å². The lowest BCUT2D eigenvalue weighted by atomic mass is 10.2. The summed E-state index contributed by atoms with van der Waals surface area (Å²) in [4.78, 5) is 14.0. The molecule has 2 rings (SSSR count). The second-order valence-corrected chi connectivity index (χ2v) is 6.81. The molecule has 0 saturated carbocycles. The van der Waals surface area contributed by atoms with E-state index in [-0.39, 0.29) is 29.1 Å². The van der Waals surface area contributed by atoms with Gasteiger partial charge in [0, 0.05) is 18.3 Å². The minimum Gasteiger partial charge on any atom is -0.437 e. The van der Waals surface area contributed by atoms with Crippen LogP contribution in [0.25, 0.3) is 0 Å². The molecule has 27 heavy (non-hydrogen) atoms. The fourth-order valence-corrected chi connectivity index (χ4v) is 3.15. The van der Waals surface area contributed by atoms with Gasteiger partial charge >= 0.3 is 25.2 Å². The molecule has 0 N–H and O–H groups in total. The second-order valence-electron chi connectivity index (χ2n) is 5.15. The normalized spacial score (nSPS) is 12.0. The topological polar surface area (TPSA) is 91.6 Å². The summed E-state index contributed by atoms with van der Waals surface area (Å²) < 4.78 is 60.5. The Kier molecular flexibility index (Phi) is 6.35. The Hall–Kier alpha value is -2.29. The molecule has 0 aliphatic rings. The van der Waals surface area contributed by atoms with Gasteiger partial charge in [0.25, 0.3) is 0 Å². The number of nitrogens with zero attached hydrogens (tertiary/aromatic N) is 2. The Morgan fingerprint density at radius 2 is 2.00 bits per heavy atom. The third kappa shape index (κ3) is 4.91. The van der Waals surface area contributed by atoms with Crippen molar-refractivity contribution < 1.29 is 31.9 Å². The van der Waals surface area contributed by atoms with Gasteiger partial charge < -0.3 is 4.74 Å². The van der Waals surface area contributed by atoms with Crippen LogP contribution in [0.5, 0.6) is 11.6 Å². The van der Waals surface area contributed by atoms with Crippen LogP contribution in [0.4, 0.5) is 18.9 Å². The molecule has 0 radical (unpaired) electrons. The molecule has 7 nitrogen and oxygen atoms in total. The predicted molar refractivity (Wildman–Crippen MR) is 91.0 cm³/mol. The van der Waals surface area contributed by atoms with Gasteiger partial charge in [-0.3, -0.25) is 10.1 Å². The van der Waals surface area contributed by atoms with E-state index in [4.69, 9.17) is 20.9 Å². The summed E-state index contributed by atoms with van der Waals surface area (Å²) in [6, 6.07) is 2.89. The van der Waals surface area contributed by atoms with E-state index in [1.54, 1.807) is 6.92 Å². The maximum absolute atomic E-state index is 12.7. The number of pyridine rings is 1. The molecular weight excluding hydrogens is 412 g/mol. The molecule has 0 amide bonds. The van der Waals surface area contributed by atoms with E-state index >= 15 is 0 Å². The Bertz CT molecular complexity index is 908. The molecule has 1 aromatic heterocycles. The van der Waals surface area contributed by atoms with Gasteiger partial charge in [0.05, 0.1) is 10.5 Å². The average Bonchev–Trinajstić information content (AvgIpc) is 2.57. The molecule has 1 aromatic carbocycles. The van der Waals surface area contributed by atoms with E-state index in [0.29, 0.717) is 12.3 Å². The fraction of sp³-hybridized carbons (Fsp3) is 0.267. The van der Waals surface area contributed by atoms with E-state index in [1.165, 1.54) is 6.92 Å². The lowest BCUT2D eigenvalue weighted by molar-refractivity contribution is -0.383. The zero-order valence-corrected chi connectivity index (χ0v) is 15.6. The first-order valence-corrected chi connectivity index (χ1v) is 8.90. The highest BCUT2D eigenvalue weighted by Gasteiger charge is 2.35. The third-order valence-electron chi connectivity index (χ3n) is 3.25. The van der Waals surface area contributed by atoms with Crippen LogP contribution in [0.3, 0.4) is 0 Å². The number of aromatic nitrogens is 1. The summed E-state index contributed by atoms with van der Waals surface area (Å²) in [5, 5.41) is 10.6. The Balaban J connectivity index is 2.46. The van der Waals surface area contributed by atoms with Crippen LogP contribution in [0, 0.1) is 17.0 Å². The molecule has 0 aliphatic carbocycles. The maximum Gasteiger partial charge on any atom is 0.556 e. The summed E-state index contributed by atoms with van der Waals surface area (Å²) in [5.41, 5.74) is -1.22. The highest BCUT2D eigenvalue weighted by atomic mass is 35.5. The van der Waals surface area contributed by atoms with Crippen LogP contribution < -0.4 is 10.0 Å². The number of nitro benzene ring substituents is 1. The highest BCUT2D eigenvalue weighted by Crippen LogP contribution is 2.37. The highest BCUT2D eigenvalue weighted by molar-refractivity contribution is 7.48. The molecule has 0 aliphatic heterocycles. The van der Waals surface area contributed by atoms with Crippen LogP contribution >= 0.6 is 19.6 Å². The molecule has 144 valence electrons. The zero-order chi connectivity index (χ0) is 20.4. The SMILES string of the molecule is CCO[P+](=O)c1cc(Oc2ncc(C(F)(F)F)cc2Cl)c(C)cc1[N+](=O)[O-]. The van der Waals surface area contributed by atoms with Crippen LogP contribution in [-0.2, 0) is 15.3 Å². The lowest BCUT2D eigenvalue weighted by Crippen LogP contribution is -2.09. The van der Waals surface area contributed by atoms with E-state index in [2.05, 4.69) is 4.98 Å². The summed E-state index contributed by atoms with van der Waals surface area (Å²) in [7, 11) is -2.53. The predicted octanol–water partition coefficient (Wildman–Crippen LogP) is 5.17. The van der Waals surface area contributed by atoms with Gasteiger partial charge in [-0.25, -0.2) is 4.98 Å². The van der Waals surface area contributed by atoms with Crippen LogP contribution in [0.1, 0.15) is 18.1 Å². The first kappa shape index (κ1) is 21.0. The minimum absolute atomic E-state index is 0.00666. The summed E-state index contributed by atoms with van der Waals surface area (Å²) >= 11 is 5.79. The quantitative estimate of drug-likeness (QED) is 0.362. The van der Waals surface area contributed by atoms with E-state index in [0.717, 1.165) is 12.1 Å². The lowest BCUT2D eigenvalue weighted by Gasteiger charge is -2.11. The summed E-state index contributed by atoms with van der Waals surface area (Å²) in [5.74, 6) is -0.341. The van der Waals surface area contributed by atoms with Crippen molar-refractivity contribution in [1.29, 1.82) is 0 Å². The molecule has 0 spiro atoms. The minimum atomic E-state index is -4.62. The van der Waals surface area contributed by atoms with Gasteiger partial charge in [-0.1, -0.05) is 11.6 Å². The zero-order valence-electron chi connectivity index (χ0n) is 13.9. The molecule has 0 bridgehead atoms. The monoisotopic (exact) mass is 423 g/mol. The number of hydrogen-bond acceptors (Lipinski definition) is 6. The standard InChI is InChI=1S/C15H12ClF3N2O5P/c1-3-25-27(24)13-6-12(8(2)4-11(13)21(22)23)26-14-10(16)5-9(7-20-14)15(17,18)19/h4-7H,3H2,1-2H3/q+1. The summed E-state index contributed by atoms with van der Waals surface area (Å²) in [6.07, 6.45) is -4.08. The fourth-order valence-electron chi connectivity index (χ4n) is 2.01. The molecule has 2 aromatic rings. The van der Waals surface area contributed by atoms with E-state index in [9.17, 15) is 27.9 Å². The van der Waals surface area contributed by atoms with Crippen LogP contribution in [0.15, 0.2) is 24.4 Å².